The van der Waals surface area contributed by atoms with Crippen molar-refractivity contribution < 1.29 is 9.18 Å². The van der Waals surface area contributed by atoms with Crippen LogP contribution in [0.5, 0.6) is 0 Å². The number of amides is 1. The van der Waals surface area contributed by atoms with Crippen molar-refractivity contribution in [1.82, 2.24) is 29.9 Å². The van der Waals surface area contributed by atoms with Gasteiger partial charge in [-0.25, -0.2) is 14.4 Å². The molecule has 1 aromatic carbocycles. The highest BCUT2D eigenvalue weighted by Crippen LogP contribution is 2.41. The van der Waals surface area contributed by atoms with Crippen LogP contribution in [-0.4, -0.2) is 48.9 Å². The summed E-state index contributed by atoms with van der Waals surface area (Å²) in [5.41, 5.74) is 4.78. The fraction of sp³-hybridized carbons (Fsp3) is 0.375. The summed E-state index contributed by atoms with van der Waals surface area (Å²) in [6, 6.07) is 4.52. The highest BCUT2D eigenvalue weighted by molar-refractivity contribution is 5.98. The van der Waals surface area contributed by atoms with E-state index in [1.807, 2.05) is 13.8 Å². The molecule has 5 rings (SSSR count). The number of allylic oxidation sites excluding steroid dienone is 1. The Morgan fingerprint density at radius 1 is 1.12 bits per heavy atom. The first-order valence-corrected chi connectivity index (χ1v) is 11.0. The van der Waals surface area contributed by atoms with Crippen molar-refractivity contribution in [1.29, 1.82) is 0 Å². The van der Waals surface area contributed by atoms with Crippen LogP contribution in [-0.2, 0) is 6.42 Å². The smallest absolute Gasteiger partial charge is 0.259 e. The van der Waals surface area contributed by atoms with Gasteiger partial charge in [-0.3, -0.25) is 4.79 Å². The predicted octanol–water partition coefficient (Wildman–Crippen LogP) is 3.55. The number of fused-ring (bicyclic) bond motifs is 1. The molecule has 1 amide bonds. The van der Waals surface area contributed by atoms with Gasteiger partial charge in [0, 0.05) is 24.5 Å². The largest absolute Gasteiger partial charge is 0.338 e. The number of hydrogen-bond donors (Lipinski definition) is 0. The van der Waals surface area contributed by atoms with Crippen molar-refractivity contribution in [3.8, 4) is 5.69 Å². The molecule has 8 heteroatoms. The Morgan fingerprint density at radius 2 is 1.84 bits per heavy atom. The van der Waals surface area contributed by atoms with E-state index in [0.29, 0.717) is 24.7 Å². The second kappa shape index (κ2) is 7.93. The van der Waals surface area contributed by atoms with E-state index in [2.05, 4.69) is 23.2 Å². The molecular weight excluding hydrogens is 407 g/mol. The Hall–Kier alpha value is -3.42. The van der Waals surface area contributed by atoms with Crippen LogP contribution in [0.3, 0.4) is 0 Å². The zero-order chi connectivity index (χ0) is 22.4. The normalized spacial score (nSPS) is 19.9. The van der Waals surface area contributed by atoms with E-state index in [9.17, 15) is 9.18 Å². The maximum Gasteiger partial charge on any atom is 0.259 e. The minimum atomic E-state index is -0.562. The molecule has 1 saturated heterocycles. The molecule has 3 heterocycles. The van der Waals surface area contributed by atoms with Crippen LogP contribution in [0.15, 0.2) is 36.7 Å². The quantitative estimate of drug-likeness (QED) is 0.630. The SMILES string of the molecule is CCc1c(C)nc(C2=CC3CN(C(=O)c4c(F)cccc4-n4nccn4)CC3C2)nc1C. The van der Waals surface area contributed by atoms with Gasteiger partial charge in [-0.2, -0.15) is 15.0 Å². The summed E-state index contributed by atoms with van der Waals surface area (Å²) in [4.78, 5) is 25.8. The summed E-state index contributed by atoms with van der Waals surface area (Å²) in [7, 11) is 0. The van der Waals surface area contributed by atoms with E-state index in [4.69, 9.17) is 9.97 Å². The lowest BCUT2D eigenvalue weighted by atomic mass is 10.00. The lowest BCUT2D eigenvalue weighted by Crippen LogP contribution is -2.31. The lowest BCUT2D eigenvalue weighted by Gasteiger charge is -2.19. The van der Waals surface area contributed by atoms with Crippen LogP contribution in [0.25, 0.3) is 11.3 Å². The molecule has 0 N–H and O–H groups in total. The lowest BCUT2D eigenvalue weighted by molar-refractivity contribution is 0.0780. The minimum absolute atomic E-state index is 0.0117. The molecule has 1 aliphatic heterocycles. The van der Waals surface area contributed by atoms with Gasteiger partial charge in [0.2, 0.25) is 0 Å². The Bertz CT molecular complexity index is 1200. The Kier molecular flexibility index (Phi) is 5.07. The van der Waals surface area contributed by atoms with Gasteiger partial charge < -0.3 is 4.90 Å². The van der Waals surface area contributed by atoms with Crippen molar-refractivity contribution in [3.63, 3.8) is 0 Å². The molecule has 0 bridgehead atoms. The van der Waals surface area contributed by atoms with Crippen molar-refractivity contribution in [2.24, 2.45) is 11.8 Å². The summed E-state index contributed by atoms with van der Waals surface area (Å²) in [5, 5.41) is 8.14. The van der Waals surface area contributed by atoms with Gasteiger partial charge in [0.15, 0.2) is 5.82 Å². The molecule has 0 radical (unpaired) electrons. The number of hydrogen-bond acceptors (Lipinski definition) is 5. The van der Waals surface area contributed by atoms with Crippen molar-refractivity contribution in [2.45, 2.75) is 33.6 Å². The summed E-state index contributed by atoms with van der Waals surface area (Å²) in [6.07, 6.45) is 6.96. The zero-order valence-corrected chi connectivity index (χ0v) is 18.4. The second-order valence-electron chi connectivity index (χ2n) is 8.53. The van der Waals surface area contributed by atoms with Crippen LogP contribution in [0.1, 0.15) is 46.5 Å². The fourth-order valence-electron chi connectivity index (χ4n) is 5.03. The van der Waals surface area contributed by atoms with Crippen LogP contribution in [0, 0.1) is 31.5 Å². The third-order valence-corrected chi connectivity index (χ3v) is 6.58. The van der Waals surface area contributed by atoms with Crippen molar-refractivity contribution in [3.05, 3.63) is 70.8 Å². The highest BCUT2D eigenvalue weighted by Gasteiger charge is 2.40. The molecule has 32 heavy (non-hydrogen) atoms. The first-order valence-electron chi connectivity index (χ1n) is 11.0. The standard InChI is InChI=1S/C24H25FN6O/c1-4-19-14(2)28-23(29-15(19)3)16-10-17-12-30(13-18(17)11-16)24(32)22-20(25)6-5-7-21(22)31-26-8-9-27-31/h5-10,17-18H,4,11-13H2,1-3H3. The number of benzene rings is 1. The zero-order valence-electron chi connectivity index (χ0n) is 18.4. The van der Waals surface area contributed by atoms with Crippen LogP contribution >= 0.6 is 0 Å². The van der Waals surface area contributed by atoms with Crippen molar-refractivity contribution >= 4 is 11.5 Å². The molecule has 3 aromatic rings. The molecule has 0 spiro atoms. The molecule has 0 saturated carbocycles. The van der Waals surface area contributed by atoms with E-state index in [1.165, 1.54) is 28.8 Å². The highest BCUT2D eigenvalue weighted by atomic mass is 19.1. The predicted molar refractivity (Wildman–Crippen MR) is 118 cm³/mol. The van der Waals surface area contributed by atoms with E-state index in [1.54, 1.807) is 17.0 Å². The van der Waals surface area contributed by atoms with Gasteiger partial charge in [-0.1, -0.05) is 19.1 Å². The first kappa shape index (κ1) is 20.5. The summed E-state index contributed by atoms with van der Waals surface area (Å²) >= 11 is 0. The average molecular weight is 433 g/mol. The van der Waals surface area contributed by atoms with Gasteiger partial charge >= 0.3 is 0 Å². The average Bonchev–Trinajstić information content (AvgIpc) is 3.49. The molecule has 1 fully saturated rings. The molecule has 2 aliphatic rings. The van der Waals surface area contributed by atoms with Gasteiger partial charge in [0.05, 0.1) is 12.4 Å². The van der Waals surface area contributed by atoms with E-state index >= 15 is 0 Å². The Labute approximate surface area is 186 Å². The van der Waals surface area contributed by atoms with Crippen LogP contribution in [0.4, 0.5) is 4.39 Å². The van der Waals surface area contributed by atoms with E-state index in [0.717, 1.165) is 35.6 Å². The number of carbonyl (C=O) groups is 1. The maximum atomic E-state index is 14.7. The van der Waals surface area contributed by atoms with Crippen LogP contribution < -0.4 is 0 Å². The second-order valence-corrected chi connectivity index (χ2v) is 8.53. The third kappa shape index (κ3) is 3.39. The molecule has 2 aromatic heterocycles. The summed E-state index contributed by atoms with van der Waals surface area (Å²) in [5.74, 6) is 0.429. The molecule has 2 unspecified atom stereocenters. The number of halogens is 1. The molecule has 164 valence electrons. The topological polar surface area (TPSA) is 76.8 Å². The number of nitrogens with zero attached hydrogens (tertiary/aromatic N) is 6. The molecule has 1 aliphatic carbocycles. The summed E-state index contributed by atoms with van der Waals surface area (Å²) < 4.78 is 14.7. The van der Waals surface area contributed by atoms with Gasteiger partial charge in [0.1, 0.15) is 17.1 Å². The monoisotopic (exact) mass is 432 g/mol. The van der Waals surface area contributed by atoms with E-state index < -0.39 is 5.82 Å². The Morgan fingerprint density at radius 3 is 2.50 bits per heavy atom. The first-order chi connectivity index (χ1) is 15.5. The summed E-state index contributed by atoms with van der Waals surface area (Å²) in [6.45, 7) is 7.32. The number of aryl methyl sites for hydroxylation is 2. The Balaban J connectivity index is 1.38. The molecular formula is C24H25FN6O. The van der Waals surface area contributed by atoms with Gasteiger partial charge in [0.25, 0.3) is 5.91 Å². The number of aromatic nitrogens is 5. The van der Waals surface area contributed by atoms with Gasteiger partial charge in [-0.05, 0) is 61.8 Å². The number of carbonyl (C=O) groups excluding carboxylic acids is 1. The van der Waals surface area contributed by atoms with Crippen molar-refractivity contribution in [2.75, 3.05) is 13.1 Å². The third-order valence-electron chi connectivity index (χ3n) is 6.58. The fourth-order valence-corrected chi connectivity index (χ4v) is 5.03. The molecule has 7 nitrogen and oxygen atoms in total. The molecule has 2 atom stereocenters. The number of likely N-dealkylation sites (tertiary alicyclic amines) is 1. The van der Waals surface area contributed by atoms with Crippen LogP contribution in [0.2, 0.25) is 0 Å². The van der Waals surface area contributed by atoms with Gasteiger partial charge in [-0.15, -0.1) is 0 Å². The maximum absolute atomic E-state index is 14.7. The minimum Gasteiger partial charge on any atom is -0.338 e. The number of rotatable bonds is 4. The van der Waals surface area contributed by atoms with E-state index in [-0.39, 0.29) is 17.4 Å².